The Morgan fingerprint density at radius 3 is 2.43 bits per heavy atom. The molecular formula is C14H19ClN4O2. The number of amides is 3. The van der Waals surface area contributed by atoms with Crippen LogP contribution in [0, 0.1) is 0 Å². The lowest BCUT2D eigenvalue weighted by molar-refractivity contribution is 0.0665. The van der Waals surface area contributed by atoms with Gasteiger partial charge in [0, 0.05) is 38.4 Å². The summed E-state index contributed by atoms with van der Waals surface area (Å²) in [6.07, 6.45) is 0. The number of hydrogen-bond donors (Lipinski definition) is 2. The molecule has 0 aromatic heterocycles. The van der Waals surface area contributed by atoms with E-state index in [2.05, 4.69) is 5.32 Å². The predicted octanol–water partition coefficient (Wildman–Crippen LogP) is 1.41. The van der Waals surface area contributed by atoms with Crippen molar-refractivity contribution in [3.05, 3.63) is 28.8 Å². The Kier molecular flexibility index (Phi) is 4.90. The molecule has 1 aromatic rings. The van der Waals surface area contributed by atoms with Crippen molar-refractivity contribution in [1.82, 2.24) is 15.1 Å². The van der Waals surface area contributed by atoms with E-state index in [1.165, 1.54) is 0 Å². The van der Waals surface area contributed by atoms with Crippen LogP contribution in [0.15, 0.2) is 18.2 Å². The monoisotopic (exact) mass is 310 g/mol. The van der Waals surface area contributed by atoms with Gasteiger partial charge in [-0.25, -0.2) is 4.79 Å². The number of carbonyl (C=O) groups excluding carboxylic acids is 2. The molecule has 1 fully saturated rings. The summed E-state index contributed by atoms with van der Waals surface area (Å²) in [4.78, 5) is 27.5. The van der Waals surface area contributed by atoms with E-state index in [1.807, 2.05) is 6.92 Å². The van der Waals surface area contributed by atoms with Crippen LogP contribution in [0.25, 0.3) is 0 Å². The molecule has 21 heavy (non-hydrogen) atoms. The van der Waals surface area contributed by atoms with E-state index in [4.69, 9.17) is 17.3 Å². The van der Waals surface area contributed by atoms with Crippen LogP contribution < -0.4 is 11.1 Å². The number of carbonyl (C=O) groups is 2. The number of halogens is 1. The van der Waals surface area contributed by atoms with E-state index in [0.29, 0.717) is 49.0 Å². The maximum atomic E-state index is 12.4. The zero-order valence-corrected chi connectivity index (χ0v) is 12.7. The smallest absolute Gasteiger partial charge is 0.317 e. The second-order valence-electron chi connectivity index (χ2n) is 4.85. The van der Waals surface area contributed by atoms with Crippen molar-refractivity contribution >= 4 is 29.2 Å². The van der Waals surface area contributed by atoms with Crippen LogP contribution in [-0.2, 0) is 0 Å². The number of urea groups is 1. The third-order valence-corrected chi connectivity index (χ3v) is 3.72. The lowest BCUT2D eigenvalue weighted by atomic mass is 10.1. The SMILES string of the molecule is CCNC(=O)N1CCN(C(=O)c2ccc(N)cc2Cl)CC1. The lowest BCUT2D eigenvalue weighted by Gasteiger charge is -2.34. The molecule has 114 valence electrons. The first-order chi connectivity index (χ1) is 10.0. The van der Waals surface area contributed by atoms with Gasteiger partial charge in [-0.1, -0.05) is 11.6 Å². The summed E-state index contributed by atoms with van der Waals surface area (Å²) >= 11 is 6.06. The van der Waals surface area contributed by atoms with Gasteiger partial charge >= 0.3 is 6.03 Å². The Morgan fingerprint density at radius 1 is 1.24 bits per heavy atom. The summed E-state index contributed by atoms with van der Waals surface area (Å²) in [5.74, 6) is -0.129. The molecule has 2 rings (SSSR count). The molecule has 3 N–H and O–H groups in total. The number of nitrogens with two attached hydrogens (primary N) is 1. The van der Waals surface area contributed by atoms with E-state index in [0.717, 1.165) is 0 Å². The van der Waals surface area contributed by atoms with Crippen LogP contribution >= 0.6 is 11.6 Å². The molecule has 0 bridgehead atoms. The van der Waals surface area contributed by atoms with Crippen molar-refractivity contribution in [3.8, 4) is 0 Å². The van der Waals surface area contributed by atoms with Gasteiger partial charge in [-0.05, 0) is 25.1 Å². The van der Waals surface area contributed by atoms with Gasteiger partial charge in [-0.2, -0.15) is 0 Å². The number of nitrogens with one attached hydrogen (secondary N) is 1. The number of hydrogen-bond acceptors (Lipinski definition) is 3. The van der Waals surface area contributed by atoms with Gasteiger partial charge in [0.1, 0.15) is 0 Å². The molecule has 1 saturated heterocycles. The maximum Gasteiger partial charge on any atom is 0.317 e. The Labute approximate surface area is 128 Å². The zero-order valence-electron chi connectivity index (χ0n) is 11.9. The van der Waals surface area contributed by atoms with E-state index >= 15 is 0 Å². The van der Waals surface area contributed by atoms with E-state index in [1.54, 1.807) is 28.0 Å². The summed E-state index contributed by atoms with van der Waals surface area (Å²) in [6, 6.07) is 4.77. The third-order valence-electron chi connectivity index (χ3n) is 3.41. The third kappa shape index (κ3) is 3.58. The lowest BCUT2D eigenvalue weighted by Crippen LogP contribution is -2.53. The highest BCUT2D eigenvalue weighted by Crippen LogP contribution is 2.21. The molecule has 0 saturated carbocycles. The van der Waals surface area contributed by atoms with Gasteiger partial charge in [0.2, 0.25) is 0 Å². The normalized spacial score (nSPS) is 15.0. The van der Waals surface area contributed by atoms with Crippen molar-refractivity contribution in [3.63, 3.8) is 0 Å². The largest absolute Gasteiger partial charge is 0.399 e. The molecule has 1 aliphatic heterocycles. The number of nitrogen functional groups attached to an aromatic ring is 1. The van der Waals surface area contributed by atoms with Gasteiger partial charge < -0.3 is 20.9 Å². The minimum atomic E-state index is -0.129. The van der Waals surface area contributed by atoms with Gasteiger partial charge in [0.25, 0.3) is 5.91 Å². The van der Waals surface area contributed by atoms with Crippen LogP contribution in [-0.4, -0.2) is 54.5 Å². The van der Waals surface area contributed by atoms with Crippen LogP contribution in [0.2, 0.25) is 5.02 Å². The van der Waals surface area contributed by atoms with Gasteiger partial charge in [-0.15, -0.1) is 0 Å². The summed E-state index contributed by atoms with van der Waals surface area (Å²) in [5.41, 5.74) is 6.59. The van der Waals surface area contributed by atoms with Crippen molar-refractivity contribution < 1.29 is 9.59 Å². The fourth-order valence-electron chi connectivity index (χ4n) is 2.25. The molecule has 3 amide bonds. The highest BCUT2D eigenvalue weighted by molar-refractivity contribution is 6.34. The molecule has 0 radical (unpaired) electrons. The Balaban J connectivity index is 1.98. The highest BCUT2D eigenvalue weighted by atomic mass is 35.5. The van der Waals surface area contributed by atoms with Crippen molar-refractivity contribution in [2.24, 2.45) is 0 Å². The molecule has 7 heteroatoms. The Morgan fingerprint density at radius 2 is 1.86 bits per heavy atom. The molecule has 1 aromatic carbocycles. The average molecular weight is 311 g/mol. The number of nitrogens with zero attached hydrogens (tertiary/aromatic N) is 2. The topological polar surface area (TPSA) is 78.7 Å². The van der Waals surface area contributed by atoms with Crippen molar-refractivity contribution in [2.45, 2.75) is 6.92 Å². The van der Waals surface area contributed by atoms with Crippen LogP contribution in [0.1, 0.15) is 17.3 Å². The van der Waals surface area contributed by atoms with Crippen LogP contribution in [0.4, 0.5) is 10.5 Å². The summed E-state index contributed by atoms with van der Waals surface area (Å²) < 4.78 is 0. The first-order valence-electron chi connectivity index (χ1n) is 6.90. The molecule has 0 aliphatic carbocycles. The van der Waals surface area contributed by atoms with E-state index < -0.39 is 0 Å². The maximum absolute atomic E-state index is 12.4. The minimum Gasteiger partial charge on any atom is -0.399 e. The van der Waals surface area contributed by atoms with Gasteiger partial charge in [-0.3, -0.25) is 4.79 Å². The van der Waals surface area contributed by atoms with Gasteiger partial charge in [0.15, 0.2) is 0 Å². The number of piperazine rings is 1. The zero-order chi connectivity index (χ0) is 15.4. The molecule has 1 aliphatic rings. The number of rotatable bonds is 2. The molecule has 1 heterocycles. The van der Waals surface area contributed by atoms with Crippen LogP contribution in [0.5, 0.6) is 0 Å². The minimum absolute atomic E-state index is 0.0879. The fourth-order valence-corrected chi connectivity index (χ4v) is 2.52. The van der Waals surface area contributed by atoms with Crippen molar-refractivity contribution in [2.75, 3.05) is 38.5 Å². The van der Waals surface area contributed by atoms with E-state index in [9.17, 15) is 9.59 Å². The summed E-state index contributed by atoms with van der Waals surface area (Å²) in [6.45, 7) is 4.50. The van der Waals surface area contributed by atoms with Crippen molar-refractivity contribution in [1.29, 1.82) is 0 Å². The number of anilines is 1. The first kappa shape index (κ1) is 15.4. The number of benzene rings is 1. The summed E-state index contributed by atoms with van der Waals surface area (Å²) in [5, 5.41) is 3.11. The van der Waals surface area contributed by atoms with E-state index in [-0.39, 0.29) is 11.9 Å². The molecular weight excluding hydrogens is 292 g/mol. The molecule has 0 spiro atoms. The predicted molar refractivity (Wildman–Crippen MR) is 82.4 cm³/mol. The molecule has 0 unspecified atom stereocenters. The Hall–Kier alpha value is -1.95. The quantitative estimate of drug-likeness (QED) is 0.811. The van der Waals surface area contributed by atoms with Gasteiger partial charge in [0.05, 0.1) is 10.6 Å². The second kappa shape index (κ2) is 6.67. The first-order valence-corrected chi connectivity index (χ1v) is 7.27. The fraction of sp³-hybridized carbons (Fsp3) is 0.429. The highest BCUT2D eigenvalue weighted by Gasteiger charge is 2.25. The average Bonchev–Trinajstić information content (AvgIpc) is 2.47. The summed E-state index contributed by atoms with van der Waals surface area (Å²) in [7, 11) is 0. The molecule has 6 nitrogen and oxygen atoms in total. The standard InChI is InChI=1S/C14H19ClN4O2/c1-2-17-14(21)19-7-5-18(6-8-19)13(20)11-4-3-10(16)9-12(11)15/h3-4,9H,2,5-8,16H2,1H3,(H,17,21). The van der Waals surface area contributed by atoms with Crippen LogP contribution in [0.3, 0.4) is 0 Å². The molecule has 0 atom stereocenters. The Bertz CT molecular complexity index is 542. The second-order valence-corrected chi connectivity index (χ2v) is 5.26.